The summed E-state index contributed by atoms with van der Waals surface area (Å²) >= 11 is 0. The summed E-state index contributed by atoms with van der Waals surface area (Å²) in [6.45, 7) is 5.82. The molecular weight excluding hydrogens is 308 g/mol. The number of phenolic OH excluding ortho intramolecular Hbond substituents is 1. The number of methoxy groups -OCH3 is 2. The van der Waals surface area contributed by atoms with Gasteiger partial charge >= 0.3 is 10.1 Å². The highest BCUT2D eigenvalue weighted by Gasteiger charge is 2.33. The van der Waals surface area contributed by atoms with Crippen molar-refractivity contribution in [2.75, 3.05) is 14.2 Å². The molecule has 0 saturated heterocycles. The van der Waals surface area contributed by atoms with Crippen molar-refractivity contribution in [3.8, 4) is 17.2 Å². The molecule has 0 heterocycles. The van der Waals surface area contributed by atoms with Crippen LogP contribution in [0, 0.1) is 0 Å². The summed E-state index contributed by atoms with van der Waals surface area (Å²) in [7, 11) is -2.04. The molecule has 6 nitrogen and oxygen atoms in total. The molecule has 1 aromatic rings. The van der Waals surface area contributed by atoms with Crippen molar-refractivity contribution in [3.63, 3.8) is 0 Å². The number of benzene rings is 1. The van der Waals surface area contributed by atoms with E-state index in [0.29, 0.717) is 17.5 Å². The molecule has 0 radical (unpaired) electrons. The number of hydrogen-bond acceptors (Lipinski definition) is 5. The largest absolute Gasteiger partial charge is 0.504 e. The van der Waals surface area contributed by atoms with E-state index < -0.39 is 15.0 Å². The van der Waals surface area contributed by atoms with Crippen LogP contribution in [0.5, 0.6) is 17.2 Å². The zero-order valence-electron chi connectivity index (χ0n) is 13.6. The number of aromatic hydroxyl groups is 1. The zero-order valence-corrected chi connectivity index (χ0v) is 14.5. The first-order valence-corrected chi connectivity index (χ1v) is 8.65. The monoisotopic (exact) mass is 332 g/mol. The van der Waals surface area contributed by atoms with Crippen LogP contribution in [0.2, 0.25) is 0 Å². The lowest BCUT2D eigenvalue weighted by molar-refractivity contribution is 0.335. The Morgan fingerprint density at radius 1 is 1.14 bits per heavy atom. The van der Waals surface area contributed by atoms with Crippen molar-refractivity contribution in [1.29, 1.82) is 0 Å². The molecule has 1 unspecified atom stereocenters. The third kappa shape index (κ3) is 3.30. The lowest BCUT2D eigenvalue weighted by atomic mass is 9.89. The molecule has 126 valence electrons. The molecule has 0 aromatic heterocycles. The van der Waals surface area contributed by atoms with Gasteiger partial charge in [0.05, 0.1) is 14.2 Å². The maximum atomic E-state index is 11.8. The molecule has 22 heavy (non-hydrogen) atoms. The van der Waals surface area contributed by atoms with Crippen LogP contribution in [0.1, 0.15) is 50.7 Å². The summed E-state index contributed by atoms with van der Waals surface area (Å²) in [6, 6.07) is 0. The average molecular weight is 332 g/mol. The van der Waals surface area contributed by atoms with Gasteiger partial charge in [-0.1, -0.05) is 27.2 Å². The van der Waals surface area contributed by atoms with Gasteiger partial charge in [-0.15, -0.1) is 0 Å². The van der Waals surface area contributed by atoms with Gasteiger partial charge in [-0.25, -0.2) is 0 Å². The summed E-state index contributed by atoms with van der Waals surface area (Å²) in [5, 5.41) is 10.5. The van der Waals surface area contributed by atoms with Crippen molar-refractivity contribution in [2.45, 2.75) is 50.8 Å². The van der Waals surface area contributed by atoms with Gasteiger partial charge in [0, 0.05) is 11.1 Å². The maximum absolute atomic E-state index is 11.8. The lowest BCUT2D eigenvalue weighted by Crippen LogP contribution is -2.11. The number of phenols is 1. The molecule has 7 heteroatoms. The third-order valence-corrected chi connectivity index (χ3v) is 4.64. The fourth-order valence-electron chi connectivity index (χ4n) is 2.59. The highest BCUT2D eigenvalue weighted by Crippen LogP contribution is 2.49. The van der Waals surface area contributed by atoms with Crippen LogP contribution in [0.25, 0.3) is 0 Å². The van der Waals surface area contributed by atoms with Crippen LogP contribution in [0.15, 0.2) is 4.90 Å². The predicted octanol–water partition coefficient (Wildman–Crippen LogP) is 3.12. The van der Waals surface area contributed by atoms with Crippen molar-refractivity contribution < 1.29 is 27.6 Å². The molecular formula is C15H24O6S. The van der Waals surface area contributed by atoms with E-state index in [1.54, 1.807) is 0 Å². The fourth-order valence-corrected chi connectivity index (χ4v) is 3.43. The number of ether oxygens (including phenoxy) is 2. The molecule has 0 spiro atoms. The van der Waals surface area contributed by atoms with Gasteiger partial charge in [0.1, 0.15) is 5.75 Å². The summed E-state index contributed by atoms with van der Waals surface area (Å²) in [5.41, 5.74) is 1.19. The summed E-state index contributed by atoms with van der Waals surface area (Å²) in [6.07, 6.45) is 2.03. The van der Waals surface area contributed by atoms with Gasteiger partial charge in [-0.2, -0.15) is 8.42 Å². The van der Waals surface area contributed by atoms with Crippen LogP contribution in [-0.2, 0) is 16.5 Å². The molecule has 0 fully saturated rings. The molecule has 0 aliphatic rings. The van der Waals surface area contributed by atoms with Gasteiger partial charge in [0.2, 0.25) is 0 Å². The van der Waals surface area contributed by atoms with E-state index in [-0.39, 0.29) is 23.2 Å². The molecule has 2 N–H and O–H groups in total. The first-order valence-electron chi connectivity index (χ1n) is 7.21. The van der Waals surface area contributed by atoms with E-state index in [0.717, 1.165) is 12.8 Å². The van der Waals surface area contributed by atoms with Crippen LogP contribution < -0.4 is 9.47 Å². The predicted molar refractivity (Wildman–Crippen MR) is 83.7 cm³/mol. The third-order valence-electron chi connectivity index (χ3n) is 3.75. The Morgan fingerprint density at radius 3 is 2.05 bits per heavy atom. The van der Waals surface area contributed by atoms with E-state index >= 15 is 0 Å². The van der Waals surface area contributed by atoms with Crippen LogP contribution in [-0.4, -0.2) is 32.3 Å². The SMILES string of the molecule is CCCc1c(O)c(OC)c(S(=O)(=O)O)c(OC)c1C(C)CC. The van der Waals surface area contributed by atoms with Gasteiger partial charge in [-0.3, -0.25) is 4.55 Å². The highest BCUT2D eigenvalue weighted by atomic mass is 32.2. The summed E-state index contributed by atoms with van der Waals surface area (Å²) in [5.74, 6) is -0.549. The Balaban J connectivity index is 3.99. The van der Waals surface area contributed by atoms with Crippen molar-refractivity contribution in [2.24, 2.45) is 0 Å². The molecule has 0 bridgehead atoms. The summed E-state index contributed by atoms with van der Waals surface area (Å²) < 4.78 is 43.4. The minimum atomic E-state index is -4.62. The normalized spacial score (nSPS) is 13.0. The van der Waals surface area contributed by atoms with Crippen molar-refractivity contribution in [1.82, 2.24) is 0 Å². The Morgan fingerprint density at radius 2 is 1.68 bits per heavy atom. The van der Waals surface area contributed by atoms with Crippen LogP contribution in [0.3, 0.4) is 0 Å². The highest BCUT2D eigenvalue weighted by molar-refractivity contribution is 7.86. The van der Waals surface area contributed by atoms with Gasteiger partial charge in [0.15, 0.2) is 16.4 Å². The number of hydrogen-bond donors (Lipinski definition) is 2. The molecule has 0 saturated carbocycles. The topological polar surface area (TPSA) is 93.1 Å². The molecule has 1 aromatic carbocycles. The second-order valence-electron chi connectivity index (χ2n) is 5.17. The van der Waals surface area contributed by atoms with E-state index in [4.69, 9.17) is 9.47 Å². The van der Waals surface area contributed by atoms with Crippen LogP contribution >= 0.6 is 0 Å². The Hall–Kier alpha value is -1.47. The second-order valence-corrected chi connectivity index (χ2v) is 6.53. The first kappa shape index (κ1) is 18.6. The molecule has 1 atom stereocenters. The second kappa shape index (κ2) is 7.19. The van der Waals surface area contributed by atoms with Crippen LogP contribution in [0.4, 0.5) is 0 Å². The molecule has 1 rings (SSSR count). The van der Waals surface area contributed by atoms with Crippen molar-refractivity contribution in [3.05, 3.63) is 11.1 Å². The first-order chi connectivity index (χ1) is 10.2. The zero-order chi connectivity index (χ0) is 17.1. The van der Waals surface area contributed by atoms with Crippen molar-refractivity contribution >= 4 is 10.1 Å². The average Bonchev–Trinajstić information content (AvgIpc) is 2.46. The molecule has 0 aliphatic carbocycles. The minimum Gasteiger partial charge on any atom is -0.504 e. The maximum Gasteiger partial charge on any atom is 0.302 e. The number of rotatable bonds is 7. The van der Waals surface area contributed by atoms with E-state index in [1.807, 2.05) is 20.8 Å². The van der Waals surface area contributed by atoms with Gasteiger partial charge < -0.3 is 14.6 Å². The standard InChI is InChI=1S/C15H24O6S/c1-6-8-10-11(9(3)7-2)13(20-4)15(22(17,18)19)14(21-5)12(10)16/h9,16H,6-8H2,1-5H3,(H,17,18,19). The summed E-state index contributed by atoms with van der Waals surface area (Å²) in [4.78, 5) is -0.523. The van der Waals surface area contributed by atoms with E-state index in [9.17, 15) is 18.1 Å². The van der Waals surface area contributed by atoms with Gasteiger partial charge in [0.25, 0.3) is 0 Å². The van der Waals surface area contributed by atoms with E-state index in [2.05, 4.69) is 0 Å². The Kier molecular flexibility index (Phi) is 6.08. The molecule has 0 amide bonds. The Bertz CT molecular complexity index is 636. The molecule has 0 aliphatic heterocycles. The smallest absolute Gasteiger partial charge is 0.302 e. The lowest BCUT2D eigenvalue weighted by Gasteiger charge is -2.24. The quantitative estimate of drug-likeness (QED) is 0.745. The fraction of sp³-hybridized carbons (Fsp3) is 0.600. The Labute approximate surface area is 131 Å². The van der Waals surface area contributed by atoms with Gasteiger partial charge in [-0.05, 0) is 18.8 Å². The van der Waals surface area contributed by atoms with E-state index in [1.165, 1.54) is 14.2 Å². The minimum absolute atomic E-state index is 0.0370.